The number of nitrogens with one attached hydrogen (secondary N) is 2. The summed E-state index contributed by atoms with van der Waals surface area (Å²) in [6, 6.07) is 0.696. The molecule has 0 radical (unpaired) electrons. The highest BCUT2D eigenvalue weighted by Gasteiger charge is 2.25. The third kappa shape index (κ3) is 4.47. The van der Waals surface area contributed by atoms with E-state index < -0.39 is 0 Å². The first kappa shape index (κ1) is 12.6. The van der Waals surface area contributed by atoms with Gasteiger partial charge >= 0.3 is 6.03 Å². The molecule has 1 saturated heterocycles. The van der Waals surface area contributed by atoms with E-state index in [-0.39, 0.29) is 12.1 Å². The van der Waals surface area contributed by atoms with Crippen LogP contribution in [0.2, 0.25) is 0 Å². The Labute approximate surface area is 107 Å². The van der Waals surface area contributed by atoms with Crippen LogP contribution in [0.3, 0.4) is 0 Å². The Morgan fingerprint density at radius 1 is 1.18 bits per heavy atom. The number of nitrogens with zero attached hydrogens (tertiary/aromatic N) is 1. The monoisotopic (exact) mass is 256 g/mol. The molecule has 1 aliphatic carbocycles. The van der Waals surface area contributed by atoms with Gasteiger partial charge in [-0.1, -0.05) is 12.2 Å². The SMILES string of the molecule is NC(=S)CN1CCC(NC(=O)NC2CC2)CC1. The Kier molecular flexibility index (Phi) is 4.17. The lowest BCUT2D eigenvalue weighted by Crippen LogP contribution is -2.49. The van der Waals surface area contributed by atoms with Crippen molar-refractivity contribution in [2.45, 2.75) is 37.8 Å². The molecule has 1 heterocycles. The molecule has 2 aliphatic rings. The molecule has 1 aliphatic heterocycles. The van der Waals surface area contributed by atoms with Crippen LogP contribution in [0.25, 0.3) is 0 Å². The average Bonchev–Trinajstić information content (AvgIpc) is 3.04. The topological polar surface area (TPSA) is 70.4 Å². The maximum absolute atomic E-state index is 11.5. The fraction of sp³-hybridized carbons (Fsp3) is 0.818. The molecule has 0 aromatic heterocycles. The molecule has 2 rings (SSSR count). The number of piperidine rings is 1. The largest absolute Gasteiger partial charge is 0.392 e. The van der Waals surface area contributed by atoms with Gasteiger partial charge < -0.3 is 16.4 Å². The van der Waals surface area contributed by atoms with Gasteiger partial charge in [-0.25, -0.2) is 4.79 Å². The van der Waals surface area contributed by atoms with Crippen LogP contribution in [0.4, 0.5) is 4.79 Å². The molecule has 5 nitrogen and oxygen atoms in total. The summed E-state index contributed by atoms with van der Waals surface area (Å²) in [6.07, 6.45) is 4.20. The minimum absolute atomic E-state index is 0.0136. The van der Waals surface area contributed by atoms with E-state index in [1.807, 2.05) is 0 Å². The van der Waals surface area contributed by atoms with E-state index in [1.54, 1.807) is 0 Å². The van der Waals surface area contributed by atoms with Gasteiger partial charge in [0.25, 0.3) is 0 Å². The molecule has 0 bridgehead atoms. The highest BCUT2D eigenvalue weighted by molar-refractivity contribution is 7.80. The summed E-state index contributed by atoms with van der Waals surface area (Å²) in [5.41, 5.74) is 5.51. The minimum atomic E-state index is -0.0136. The van der Waals surface area contributed by atoms with E-state index in [0.717, 1.165) is 38.8 Å². The van der Waals surface area contributed by atoms with Gasteiger partial charge in [0.1, 0.15) is 0 Å². The molecule has 0 spiro atoms. The summed E-state index contributed by atoms with van der Waals surface area (Å²) in [6.45, 7) is 2.59. The van der Waals surface area contributed by atoms with E-state index in [1.165, 1.54) is 0 Å². The smallest absolute Gasteiger partial charge is 0.315 e. The van der Waals surface area contributed by atoms with E-state index in [2.05, 4.69) is 15.5 Å². The number of hydrogen-bond donors (Lipinski definition) is 3. The van der Waals surface area contributed by atoms with Crippen molar-refractivity contribution in [3.8, 4) is 0 Å². The van der Waals surface area contributed by atoms with Crippen LogP contribution in [-0.4, -0.2) is 47.6 Å². The zero-order valence-corrected chi connectivity index (χ0v) is 10.8. The Hall–Kier alpha value is -0.880. The fourth-order valence-corrected chi connectivity index (χ4v) is 2.28. The van der Waals surface area contributed by atoms with Gasteiger partial charge in [-0.3, -0.25) is 4.90 Å². The van der Waals surface area contributed by atoms with Crippen LogP contribution in [-0.2, 0) is 0 Å². The number of hydrogen-bond acceptors (Lipinski definition) is 3. The normalized spacial score (nSPS) is 22.1. The van der Waals surface area contributed by atoms with Crippen LogP contribution in [0.5, 0.6) is 0 Å². The quantitative estimate of drug-likeness (QED) is 0.628. The number of carbonyl (C=O) groups is 1. The molecule has 0 aromatic rings. The van der Waals surface area contributed by atoms with E-state index in [4.69, 9.17) is 18.0 Å². The second kappa shape index (κ2) is 5.64. The fourth-order valence-electron chi connectivity index (χ4n) is 2.10. The molecular weight excluding hydrogens is 236 g/mol. The molecule has 2 fully saturated rings. The van der Waals surface area contributed by atoms with Crippen LogP contribution in [0, 0.1) is 0 Å². The van der Waals surface area contributed by atoms with Crippen LogP contribution in [0.15, 0.2) is 0 Å². The predicted molar refractivity (Wildman–Crippen MR) is 70.9 cm³/mol. The van der Waals surface area contributed by atoms with Crippen LogP contribution >= 0.6 is 12.2 Å². The zero-order valence-electron chi connectivity index (χ0n) is 9.95. The maximum Gasteiger partial charge on any atom is 0.315 e. The second-order valence-corrected chi connectivity index (χ2v) is 5.43. The molecule has 2 amide bonds. The maximum atomic E-state index is 11.5. The van der Waals surface area contributed by atoms with Crippen molar-refractivity contribution in [1.82, 2.24) is 15.5 Å². The van der Waals surface area contributed by atoms with Gasteiger partial charge in [0.05, 0.1) is 4.99 Å². The zero-order chi connectivity index (χ0) is 12.3. The predicted octanol–water partition coefficient (Wildman–Crippen LogP) is 0.198. The third-order valence-electron chi connectivity index (χ3n) is 3.21. The van der Waals surface area contributed by atoms with E-state index in [9.17, 15) is 4.79 Å². The van der Waals surface area contributed by atoms with Crippen LogP contribution < -0.4 is 16.4 Å². The highest BCUT2D eigenvalue weighted by atomic mass is 32.1. The number of thiocarbonyl (C=S) groups is 1. The summed E-state index contributed by atoms with van der Waals surface area (Å²) in [5.74, 6) is 0. The van der Waals surface area contributed by atoms with Gasteiger partial charge in [-0.15, -0.1) is 0 Å². The lowest BCUT2D eigenvalue weighted by Gasteiger charge is -2.31. The van der Waals surface area contributed by atoms with Gasteiger partial charge in [-0.2, -0.15) is 0 Å². The standard InChI is InChI=1S/C11H20N4OS/c12-10(17)7-15-5-3-9(4-6-15)14-11(16)13-8-1-2-8/h8-9H,1-7H2,(H2,12,17)(H2,13,14,16). The number of likely N-dealkylation sites (tertiary alicyclic amines) is 1. The first-order chi connectivity index (χ1) is 8.13. The number of nitrogens with two attached hydrogens (primary N) is 1. The second-order valence-electron chi connectivity index (χ2n) is 4.91. The van der Waals surface area contributed by atoms with Crippen molar-refractivity contribution in [3.05, 3.63) is 0 Å². The summed E-state index contributed by atoms with van der Waals surface area (Å²) in [5, 5.41) is 5.96. The van der Waals surface area contributed by atoms with Gasteiger partial charge in [0.2, 0.25) is 0 Å². The Morgan fingerprint density at radius 3 is 2.18 bits per heavy atom. The van der Waals surface area contributed by atoms with Crippen molar-refractivity contribution in [1.29, 1.82) is 0 Å². The first-order valence-electron chi connectivity index (χ1n) is 6.21. The molecule has 0 unspecified atom stereocenters. The number of rotatable bonds is 4. The summed E-state index contributed by atoms with van der Waals surface area (Å²) < 4.78 is 0. The molecule has 96 valence electrons. The molecule has 0 aromatic carbocycles. The Morgan fingerprint density at radius 2 is 1.71 bits per heavy atom. The minimum Gasteiger partial charge on any atom is -0.392 e. The van der Waals surface area contributed by atoms with Crippen molar-refractivity contribution >= 4 is 23.2 Å². The van der Waals surface area contributed by atoms with Crippen molar-refractivity contribution in [2.24, 2.45) is 5.73 Å². The average molecular weight is 256 g/mol. The van der Waals surface area contributed by atoms with Gasteiger partial charge in [0.15, 0.2) is 0 Å². The van der Waals surface area contributed by atoms with Crippen molar-refractivity contribution < 1.29 is 4.79 Å². The van der Waals surface area contributed by atoms with Crippen LogP contribution in [0.1, 0.15) is 25.7 Å². The Bertz CT molecular complexity index is 298. The third-order valence-corrected chi connectivity index (χ3v) is 3.34. The summed E-state index contributed by atoms with van der Waals surface area (Å²) in [4.78, 5) is 14.3. The first-order valence-corrected chi connectivity index (χ1v) is 6.62. The number of carbonyl (C=O) groups excluding carboxylic acids is 1. The molecular formula is C11H20N4OS. The molecule has 17 heavy (non-hydrogen) atoms. The number of amides is 2. The van der Waals surface area contributed by atoms with Gasteiger partial charge in [0, 0.05) is 31.7 Å². The molecule has 0 atom stereocenters. The molecule has 4 N–H and O–H groups in total. The Balaban J connectivity index is 1.64. The lowest BCUT2D eigenvalue weighted by atomic mass is 10.1. The van der Waals surface area contributed by atoms with E-state index in [0.29, 0.717) is 17.6 Å². The molecule has 1 saturated carbocycles. The van der Waals surface area contributed by atoms with Gasteiger partial charge in [-0.05, 0) is 25.7 Å². The van der Waals surface area contributed by atoms with Crippen molar-refractivity contribution in [3.63, 3.8) is 0 Å². The van der Waals surface area contributed by atoms with Crippen molar-refractivity contribution in [2.75, 3.05) is 19.6 Å². The summed E-state index contributed by atoms with van der Waals surface area (Å²) in [7, 11) is 0. The number of urea groups is 1. The summed E-state index contributed by atoms with van der Waals surface area (Å²) >= 11 is 4.89. The highest BCUT2D eigenvalue weighted by Crippen LogP contribution is 2.18. The van der Waals surface area contributed by atoms with E-state index >= 15 is 0 Å². The lowest BCUT2D eigenvalue weighted by molar-refractivity contribution is 0.207. The molecule has 6 heteroatoms.